The van der Waals surface area contributed by atoms with Gasteiger partial charge in [-0.25, -0.2) is 4.39 Å². The number of rotatable bonds is 1. The molecule has 3 heterocycles. The summed E-state index contributed by atoms with van der Waals surface area (Å²) in [4.78, 5) is 28.1. The number of nitrogens with zero attached hydrogens (tertiary/aromatic N) is 2. The van der Waals surface area contributed by atoms with Gasteiger partial charge in [-0.3, -0.25) is 9.59 Å². The number of hydrogen-bond acceptors (Lipinski definition) is 3. The summed E-state index contributed by atoms with van der Waals surface area (Å²) in [6, 6.07) is 3.56. The molecule has 3 aliphatic rings. The quantitative estimate of drug-likeness (QED) is 0.789. The van der Waals surface area contributed by atoms with Crippen LogP contribution in [0.4, 0.5) is 4.39 Å². The molecule has 4 rings (SSSR count). The normalized spacial score (nSPS) is 29.9. The van der Waals surface area contributed by atoms with Gasteiger partial charge in [-0.05, 0) is 18.2 Å². The first kappa shape index (κ1) is 14.0. The van der Waals surface area contributed by atoms with E-state index in [4.69, 9.17) is 16.3 Å². The third-order valence-electron chi connectivity index (χ3n) is 4.82. The fourth-order valence-electron chi connectivity index (χ4n) is 3.85. The van der Waals surface area contributed by atoms with Crippen LogP contribution in [-0.4, -0.2) is 53.1 Å². The van der Waals surface area contributed by atoms with Crippen LogP contribution in [0, 0.1) is 5.82 Å². The van der Waals surface area contributed by atoms with Gasteiger partial charge in [0, 0.05) is 24.5 Å². The SMILES string of the molecule is O=C(c1cc(Cl)ccc1F)N1CC[C@@]23OCCN2C(=O)C[C@@H]13. The molecular weight excluding hydrogens is 311 g/mol. The second-order valence-electron chi connectivity index (χ2n) is 5.83. The van der Waals surface area contributed by atoms with Crippen LogP contribution >= 0.6 is 11.6 Å². The van der Waals surface area contributed by atoms with Crippen molar-refractivity contribution in [3.05, 3.63) is 34.6 Å². The molecule has 2 amide bonds. The molecular formula is C15H14ClFN2O3. The molecule has 1 aromatic carbocycles. The monoisotopic (exact) mass is 324 g/mol. The second kappa shape index (κ2) is 4.67. The minimum absolute atomic E-state index is 0.00781. The maximum absolute atomic E-state index is 13.9. The Bertz CT molecular complexity index is 683. The third-order valence-corrected chi connectivity index (χ3v) is 5.06. The summed E-state index contributed by atoms with van der Waals surface area (Å²) < 4.78 is 19.8. The van der Waals surface area contributed by atoms with Gasteiger partial charge in [0.05, 0.1) is 24.6 Å². The largest absolute Gasteiger partial charge is 0.351 e. The lowest BCUT2D eigenvalue weighted by atomic mass is 10.1. The van der Waals surface area contributed by atoms with Gasteiger partial charge in [0.1, 0.15) is 5.82 Å². The van der Waals surface area contributed by atoms with E-state index in [0.717, 1.165) is 0 Å². The molecule has 0 aromatic heterocycles. The smallest absolute Gasteiger partial charge is 0.257 e. The molecule has 0 unspecified atom stereocenters. The molecule has 22 heavy (non-hydrogen) atoms. The predicted molar refractivity (Wildman–Crippen MR) is 75.9 cm³/mol. The highest BCUT2D eigenvalue weighted by molar-refractivity contribution is 6.31. The Balaban J connectivity index is 1.68. The molecule has 3 aliphatic heterocycles. The number of halogens is 2. The van der Waals surface area contributed by atoms with Gasteiger partial charge in [0.2, 0.25) is 5.91 Å². The van der Waals surface area contributed by atoms with Crippen molar-refractivity contribution in [2.24, 2.45) is 0 Å². The lowest BCUT2D eigenvalue weighted by Crippen LogP contribution is -2.48. The van der Waals surface area contributed by atoms with Gasteiger partial charge in [-0.2, -0.15) is 0 Å². The fraction of sp³-hybridized carbons (Fsp3) is 0.467. The molecule has 0 N–H and O–H groups in total. The summed E-state index contributed by atoms with van der Waals surface area (Å²) in [6.45, 7) is 1.48. The Morgan fingerprint density at radius 3 is 3.05 bits per heavy atom. The van der Waals surface area contributed by atoms with Crippen molar-refractivity contribution in [1.82, 2.24) is 9.80 Å². The molecule has 0 aliphatic carbocycles. The maximum atomic E-state index is 13.9. The Hall–Kier alpha value is -1.66. The van der Waals surface area contributed by atoms with Crippen LogP contribution in [0.1, 0.15) is 23.2 Å². The maximum Gasteiger partial charge on any atom is 0.257 e. The van der Waals surface area contributed by atoms with E-state index in [1.54, 1.807) is 9.80 Å². The van der Waals surface area contributed by atoms with Gasteiger partial charge in [0.25, 0.3) is 5.91 Å². The molecule has 0 bridgehead atoms. The van der Waals surface area contributed by atoms with Crippen molar-refractivity contribution in [3.8, 4) is 0 Å². The summed E-state index contributed by atoms with van der Waals surface area (Å²) in [6.07, 6.45) is 0.797. The van der Waals surface area contributed by atoms with E-state index in [0.29, 0.717) is 31.1 Å². The Morgan fingerprint density at radius 1 is 1.41 bits per heavy atom. The number of carbonyl (C=O) groups excluding carboxylic acids is 2. The zero-order valence-corrected chi connectivity index (χ0v) is 12.5. The minimum Gasteiger partial charge on any atom is -0.351 e. The van der Waals surface area contributed by atoms with Crippen LogP contribution in [-0.2, 0) is 9.53 Å². The molecule has 1 aromatic rings. The van der Waals surface area contributed by atoms with Crippen molar-refractivity contribution in [3.63, 3.8) is 0 Å². The summed E-state index contributed by atoms with van der Waals surface area (Å²) in [5.41, 5.74) is -0.768. The first-order valence-electron chi connectivity index (χ1n) is 7.23. The summed E-state index contributed by atoms with van der Waals surface area (Å²) >= 11 is 5.87. The van der Waals surface area contributed by atoms with Crippen LogP contribution in [0.5, 0.6) is 0 Å². The Kier molecular flexibility index (Phi) is 2.96. The van der Waals surface area contributed by atoms with E-state index >= 15 is 0 Å². The molecule has 2 atom stereocenters. The average Bonchev–Trinajstić information content (AvgIpc) is 3.12. The van der Waals surface area contributed by atoms with Gasteiger partial charge < -0.3 is 14.5 Å². The van der Waals surface area contributed by atoms with Crippen LogP contribution in [0.25, 0.3) is 0 Å². The summed E-state index contributed by atoms with van der Waals surface area (Å²) in [5, 5.41) is 0.305. The minimum atomic E-state index is -0.707. The van der Waals surface area contributed by atoms with Crippen molar-refractivity contribution in [1.29, 1.82) is 0 Å². The molecule has 3 fully saturated rings. The highest BCUT2D eigenvalue weighted by Gasteiger charge is 2.62. The summed E-state index contributed by atoms with van der Waals surface area (Å²) in [7, 11) is 0. The van der Waals surface area contributed by atoms with Crippen LogP contribution in [0.15, 0.2) is 18.2 Å². The first-order valence-corrected chi connectivity index (χ1v) is 7.61. The molecule has 7 heteroatoms. The molecule has 116 valence electrons. The molecule has 0 radical (unpaired) electrons. The fourth-order valence-corrected chi connectivity index (χ4v) is 4.02. The Morgan fingerprint density at radius 2 is 2.23 bits per heavy atom. The summed E-state index contributed by atoms with van der Waals surface area (Å²) in [5.74, 6) is -1.05. The average molecular weight is 325 g/mol. The number of ether oxygens (including phenoxy) is 1. The topological polar surface area (TPSA) is 49.9 Å². The van der Waals surface area contributed by atoms with Crippen molar-refractivity contribution in [2.45, 2.75) is 24.6 Å². The first-order chi connectivity index (χ1) is 10.5. The Labute approximate surface area is 131 Å². The number of benzene rings is 1. The van der Waals surface area contributed by atoms with E-state index < -0.39 is 17.4 Å². The zero-order chi connectivity index (χ0) is 15.5. The molecule has 5 nitrogen and oxygen atoms in total. The van der Waals surface area contributed by atoms with E-state index in [2.05, 4.69) is 0 Å². The number of likely N-dealkylation sites (tertiary alicyclic amines) is 1. The van der Waals surface area contributed by atoms with E-state index in [1.807, 2.05) is 0 Å². The number of amides is 2. The lowest BCUT2D eigenvalue weighted by molar-refractivity contribution is -0.136. The number of hydrogen-bond donors (Lipinski definition) is 0. The van der Waals surface area contributed by atoms with Crippen molar-refractivity contribution < 1.29 is 18.7 Å². The van der Waals surface area contributed by atoms with Gasteiger partial charge in [-0.1, -0.05) is 11.6 Å². The third kappa shape index (κ3) is 1.74. The van der Waals surface area contributed by atoms with Gasteiger partial charge in [-0.15, -0.1) is 0 Å². The lowest BCUT2D eigenvalue weighted by Gasteiger charge is -2.31. The van der Waals surface area contributed by atoms with E-state index in [1.165, 1.54) is 18.2 Å². The predicted octanol–water partition coefficient (Wildman–Crippen LogP) is 1.65. The highest BCUT2D eigenvalue weighted by atomic mass is 35.5. The van der Waals surface area contributed by atoms with Gasteiger partial charge in [0.15, 0.2) is 5.72 Å². The highest BCUT2D eigenvalue weighted by Crippen LogP contribution is 2.46. The number of carbonyl (C=O) groups is 2. The van der Waals surface area contributed by atoms with E-state index in [9.17, 15) is 14.0 Å². The van der Waals surface area contributed by atoms with Crippen molar-refractivity contribution >= 4 is 23.4 Å². The van der Waals surface area contributed by atoms with Crippen LogP contribution < -0.4 is 0 Å². The molecule has 1 spiro atoms. The van der Waals surface area contributed by atoms with Crippen molar-refractivity contribution in [2.75, 3.05) is 19.7 Å². The molecule has 3 saturated heterocycles. The molecule has 0 saturated carbocycles. The van der Waals surface area contributed by atoms with Gasteiger partial charge >= 0.3 is 0 Å². The zero-order valence-electron chi connectivity index (χ0n) is 11.7. The standard InChI is InChI=1S/C15H14ClFN2O3/c16-9-1-2-11(17)10(7-9)14(21)18-4-3-15-12(18)8-13(20)19(15)5-6-22-15/h1-2,7,12H,3-6,8H2/t12-,15+/m1/s1. The van der Waals surface area contributed by atoms with Crippen LogP contribution in [0.3, 0.4) is 0 Å². The second-order valence-corrected chi connectivity index (χ2v) is 6.27. The van der Waals surface area contributed by atoms with E-state index in [-0.39, 0.29) is 23.9 Å². The van der Waals surface area contributed by atoms with Crippen LogP contribution in [0.2, 0.25) is 5.02 Å².